The van der Waals surface area contributed by atoms with E-state index in [9.17, 15) is 0 Å². The van der Waals surface area contributed by atoms with E-state index in [1.165, 1.54) is 7.11 Å². The highest BCUT2D eigenvalue weighted by molar-refractivity contribution is 5.78. The van der Waals surface area contributed by atoms with Crippen molar-refractivity contribution in [1.82, 2.24) is 19.5 Å². The molecule has 6 nitrogen and oxygen atoms in total. The van der Waals surface area contributed by atoms with E-state index in [0.29, 0.717) is 17.0 Å². The minimum Gasteiger partial charge on any atom is -0.479 e. The molecule has 0 bridgehead atoms. The van der Waals surface area contributed by atoms with Gasteiger partial charge in [0.15, 0.2) is 11.2 Å². The Kier molecular flexibility index (Phi) is 1.77. The van der Waals surface area contributed by atoms with Crippen LogP contribution in [0.3, 0.4) is 0 Å². The normalized spacial score (nSPS) is 10.8. The summed E-state index contributed by atoms with van der Waals surface area (Å²) in [4.78, 5) is 12.3. The molecule has 0 atom stereocenters. The Morgan fingerprint density at radius 1 is 1.29 bits per heavy atom. The predicted octanol–water partition coefficient (Wildman–Crippen LogP) is 0.263. The van der Waals surface area contributed by atoms with Gasteiger partial charge in [-0.1, -0.05) is 0 Å². The van der Waals surface area contributed by atoms with Crippen LogP contribution in [0.4, 0.5) is 5.95 Å². The molecule has 14 heavy (non-hydrogen) atoms. The Hall–Kier alpha value is -1.85. The Morgan fingerprint density at radius 3 is 2.64 bits per heavy atom. The number of imidazole rings is 1. The molecule has 0 saturated heterocycles. The van der Waals surface area contributed by atoms with E-state index >= 15 is 0 Å². The first-order valence-electron chi connectivity index (χ1n) is 4.14. The third-order valence-corrected chi connectivity index (χ3v) is 2.12. The zero-order valence-electron chi connectivity index (χ0n) is 8.27. The van der Waals surface area contributed by atoms with Crippen molar-refractivity contribution >= 4 is 17.1 Å². The summed E-state index contributed by atoms with van der Waals surface area (Å²) < 4.78 is 6.91. The van der Waals surface area contributed by atoms with Crippen molar-refractivity contribution in [1.29, 1.82) is 0 Å². The number of nitrogens with two attached hydrogens (primary N) is 1. The molecule has 2 N–H and O–H groups in total. The number of hydrogen-bond donors (Lipinski definition) is 1. The number of ether oxygens (including phenoxy) is 1. The SMILES string of the molecule is COc1nc(N)nc2c1nc(C)n2C. The Balaban J connectivity index is 2.87. The molecular weight excluding hydrogens is 182 g/mol. The smallest absolute Gasteiger partial charge is 0.246 e. The lowest BCUT2D eigenvalue weighted by atomic mass is 10.5. The van der Waals surface area contributed by atoms with Gasteiger partial charge >= 0.3 is 0 Å². The number of anilines is 1. The first kappa shape index (κ1) is 8.74. The van der Waals surface area contributed by atoms with Gasteiger partial charge in [-0.2, -0.15) is 9.97 Å². The second-order valence-electron chi connectivity index (χ2n) is 2.98. The van der Waals surface area contributed by atoms with E-state index in [1.54, 1.807) is 0 Å². The molecule has 0 aromatic carbocycles. The van der Waals surface area contributed by atoms with Gasteiger partial charge in [0.25, 0.3) is 0 Å². The standard InChI is InChI=1S/C8H11N5O/c1-4-10-5-6(13(4)2)11-8(9)12-7(5)14-3/h1-3H3,(H2,9,11,12). The second kappa shape index (κ2) is 2.83. The number of aryl methyl sites for hydroxylation is 2. The lowest BCUT2D eigenvalue weighted by Gasteiger charge is -2.00. The highest BCUT2D eigenvalue weighted by atomic mass is 16.5. The summed E-state index contributed by atoms with van der Waals surface area (Å²) in [6, 6.07) is 0. The maximum Gasteiger partial charge on any atom is 0.246 e. The van der Waals surface area contributed by atoms with Crippen LogP contribution < -0.4 is 10.5 Å². The van der Waals surface area contributed by atoms with E-state index in [-0.39, 0.29) is 5.95 Å². The van der Waals surface area contributed by atoms with Gasteiger partial charge in [0.1, 0.15) is 5.82 Å². The van der Waals surface area contributed by atoms with Crippen LogP contribution in [0.15, 0.2) is 0 Å². The van der Waals surface area contributed by atoms with Crippen molar-refractivity contribution in [3.8, 4) is 5.88 Å². The van der Waals surface area contributed by atoms with Gasteiger partial charge in [0.2, 0.25) is 11.8 Å². The van der Waals surface area contributed by atoms with Crippen molar-refractivity contribution in [2.75, 3.05) is 12.8 Å². The molecule has 0 unspecified atom stereocenters. The van der Waals surface area contributed by atoms with E-state index in [2.05, 4.69) is 15.0 Å². The van der Waals surface area contributed by atoms with Crippen LogP contribution in [0, 0.1) is 6.92 Å². The topological polar surface area (TPSA) is 78.8 Å². The van der Waals surface area contributed by atoms with E-state index < -0.39 is 0 Å². The average Bonchev–Trinajstić information content (AvgIpc) is 2.43. The van der Waals surface area contributed by atoms with Gasteiger partial charge in [-0.15, -0.1) is 0 Å². The van der Waals surface area contributed by atoms with Gasteiger partial charge in [0.05, 0.1) is 7.11 Å². The molecule has 0 fully saturated rings. The van der Waals surface area contributed by atoms with E-state index in [0.717, 1.165) is 5.82 Å². The zero-order chi connectivity index (χ0) is 10.3. The largest absolute Gasteiger partial charge is 0.479 e. The third-order valence-electron chi connectivity index (χ3n) is 2.12. The van der Waals surface area contributed by atoms with Gasteiger partial charge in [-0.05, 0) is 6.92 Å². The Labute approximate surface area is 80.7 Å². The molecule has 2 heterocycles. The lowest BCUT2D eigenvalue weighted by molar-refractivity contribution is 0.402. The summed E-state index contributed by atoms with van der Waals surface area (Å²) in [5.41, 5.74) is 6.86. The number of nitrogens with zero attached hydrogens (tertiary/aromatic N) is 4. The van der Waals surface area contributed by atoms with Crippen LogP contribution >= 0.6 is 0 Å². The maximum absolute atomic E-state index is 5.54. The summed E-state index contributed by atoms with van der Waals surface area (Å²) in [5, 5.41) is 0. The number of rotatable bonds is 1. The maximum atomic E-state index is 5.54. The van der Waals surface area contributed by atoms with Gasteiger partial charge in [-0.25, -0.2) is 4.98 Å². The van der Waals surface area contributed by atoms with Crippen LogP contribution in [0.25, 0.3) is 11.2 Å². The van der Waals surface area contributed by atoms with Crippen LogP contribution in [-0.2, 0) is 7.05 Å². The van der Waals surface area contributed by atoms with Crippen LogP contribution in [0.5, 0.6) is 5.88 Å². The van der Waals surface area contributed by atoms with Gasteiger partial charge in [-0.3, -0.25) is 0 Å². The van der Waals surface area contributed by atoms with Crippen molar-refractivity contribution < 1.29 is 4.74 Å². The van der Waals surface area contributed by atoms with Crippen molar-refractivity contribution in [3.63, 3.8) is 0 Å². The van der Waals surface area contributed by atoms with Crippen LogP contribution in [-0.4, -0.2) is 26.6 Å². The molecule has 2 aromatic rings. The Bertz CT molecular complexity index is 490. The molecule has 74 valence electrons. The fraction of sp³-hybridized carbons (Fsp3) is 0.375. The molecule has 0 aliphatic rings. The highest BCUT2D eigenvalue weighted by Gasteiger charge is 2.12. The third kappa shape index (κ3) is 1.07. The molecule has 0 saturated carbocycles. The van der Waals surface area contributed by atoms with Crippen molar-refractivity contribution in [2.24, 2.45) is 7.05 Å². The van der Waals surface area contributed by atoms with Gasteiger partial charge in [0, 0.05) is 7.05 Å². The fourth-order valence-corrected chi connectivity index (χ4v) is 1.30. The molecule has 6 heteroatoms. The second-order valence-corrected chi connectivity index (χ2v) is 2.98. The molecular formula is C8H11N5O. The first-order chi connectivity index (χ1) is 6.63. The molecule has 0 amide bonds. The van der Waals surface area contributed by atoms with E-state index in [4.69, 9.17) is 10.5 Å². The number of hydrogen-bond acceptors (Lipinski definition) is 5. The summed E-state index contributed by atoms with van der Waals surface area (Å²) in [6.07, 6.45) is 0. The van der Waals surface area contributed by atoms with Crippen molar-refractivity contribution in [3.05, 3.63) is 5.82 Å². The minimum atomic E-state index is 0.192. The summed E-state index contributed by atoms with van der Waals surface area (Å²) in [5.74, 6) is 1.45. The minimum absolute atomic E-state index is 0.192. The number of nitrogen functional groups attached to an aromatic ring is 1. The number of aromatic nitrogens is 4. The molecule has 0 radical (unpaired) electrons. The monoisotopic (exact) mass is 193 g/mol. The zero-order valence-corrected chi connectivity index (χ0v) is 8.27. The van der Waals surface area contributed by atoms with Crippen molar-refractivity contribution in [2.45, 2.75) is 6.92 Å². The number of fused-ring (bicyclic) bond motifs is 1. The fourth-order valence-electron chi connectivity index (χ4n) is 1.30. The molecule has 0 aliphatic heterocycles. The van der Waals surface area contributed by atoms with E-state index in [1.807, 2.05) is 18.5 Å². The number of methoxy groups -OCH3 is 1. The molecule has 2 rings (SSSR count). The van der Waals surface area contributed by atoms with Crippen LogP contribution in [0.2, 0.25) is 0 Å². The highest BCUT2D eigenvalue weighted by Crippen LogP contribution is 2.22. The molecule has 0 aliphatic carbocycles. The molecule has 0 spiro atoms. The van der Waals surface area contributed by atoms with Crippen LogP contribution in [0.1, 0.15) is 5.82 Å². The quantitative estimate of drug-likeness (QED) is 0.702. The summed E-state index contributed by atoms with van der Waals surface area (Å²) in [6.45, 7) is 1.89. The van der Waals surface area contributed by atoms with Gasteiger partial charge < -0.3 is 15.0 Å². The summed E-state index contributed by atoms with van der Waals surface area (Å²) >= 11 is 0. The average molecular weight is 193 g/mol. The first-order valence-corrected chi connectivity index (χ1v) is 4.14. The predicted molar refractivity (Wildman–Crippen MR) is 52.0 cm³/mol. The molecule has 2 aromatic heterocycles. The summed E-state index contributed by atoms with van der Waals surface area (Å²) in [7, 11) is 3.40. The Morgan fingerprint density at radius 2 is 2.00 bits per heavy atom. The lowest BCUT2D eigenvalue weighted by Crippen LogP contribution is -2.00.